The van der Waals surface area contributed by atoms with E-state index in [-0.39, 0.29) is 11.8 Å². The van der Waals surface area contributed by atoms with Gasteiger partial charge in [-0.05, 0) is 31.9 Å². The minimum absolute atomic E-state index is 0.0258. The number of furan rings is 1. The molecular formula is C14H17NO2. The maximum atomic E-state index is 11.9. The van der Waals surface area contributed by atoms with Gasteiger partial charge >= 0.3 is 0 Å². The summed E-state index contributed by atoms with van der Waals surface area (Å²) in [5, 5.41) is 0.981. The van der Waals surface area contributed by atoms with Crippen molar-refractivity contribution in [2.75, 3.05) is 0 Å². The Balaban J connectivity index is 2.24. The standard InChI is InChI=1S/C14H17NO2/c1-9-4-3-5-11-8-13(17-14(9)11)12(16)7-6-10(2)15/h3-5,8,10H,6-7,15H2,1-2H3. The van der Waals surface area contributed by atoms with Gasteiger partial charge in [-0.25, -0.2) is 0 Å². The Labute approximate surface area is 101 Å². The number of hydrogen-bond donors (Lipinski definition) is 1. The fourth-order valence-electron chi connectivity index (χ4n) is 1.83. The van der Waals surface area contributed by atoms with E-state index in [4.69, 9.17) is 10.2 Å². The highest BCUT2D eigenvalue weighted by Gasteiger charge is 2.13. The van der Waals surface area contributed by atoms with Crippen LogP contribution in [0.2, 0.25) is 0 Å². The summed E-state index contributed by atoms with van der Waals surface area (Å²) in [5.41, 5.74) is 7.49. The normalized spacial score (nSPS) is 12.9. The van der Waals surface area contributed by atoms with Crippen molar-refractivity contribution in [2.24, 2.45) is 5.73 Å². The molecule has 0 aliphatic heterocycles. The highest BCUT2D eigenvalue weighted by atomic mass is 16.3. The molecule has 0 radical (unpaired) electrons. The third-order valence-corrected chi connectivity index (χ3v) is 2.84. The molecule has 1 unspecified atom stereocenters. The van der Waals surface area contributed by atoms with Crippen LogP contribution in [-0.4, -0.2) is 11.8 Å². The monoisotopic (exact) mass is 231 g/mol. The molecule has 17 heavy (non-hydrogen) atoms. The molecule has 1 aromatic carbocycles. The lowest BCUT2D eigenvalue weighted by Gasteiger charge is -2.01. The molecular weight excluding hydrogens is 214 g/mol. The Morgan fingerprint density at radius 2 is 2.24 bits per heavy atom. The van der Waals surface area contributed by atoms with Gasteiger partial charge in [0.15, 0.2) is 11.5 Å². The molecule has 3 heteroatoms. The zero-order valence-corrected chi connectivity index (χ0v) is 10.2. The summed E-state index contributed by atoms with van der Waals surface area (Å²) < 4.78 is 5.60. The zero-order valence-electron chi connectivity index (χ0n) is 10.2. The first-order valence-corrected chi connectivity index (χ1v) is 5.86. The number of para-hydroxylation sites is 1. The summed E-state index contributed by atoms with van der Waals surface area (Å²) in [7, 11) is 0. The predicted molar refractivity (Wildman–Crippen MR) is 68.2 cm³/mol. The average molecular weight is 231 g/mol. The Kier molecular flexibility index (Phi) is 3.29. The number of Topliss-reactive ketones (excluding diaryl/α,β-unsaturated/α-hetero) is 1. The van der Waals surface area contributed by atoms with Crippen molar-refractivity contribution in [1.82, 2.24) is 0 Å². The second kappa shape index (κ2) is 4.72. The van der Waals surface area contributed by atoms with E-state index < -0.39 is 0 Å². The molecule has 0 bridgehead atoms. The number of ketones is 1. The second-order valence-electron chi connectivity index (χ2n) is 4.54. The summed E-state index contributed by atoms with van der Waals surface area (Å²) in [5.74, 6) is 0.466. The number of fused-ring (bicyclic) bond motifs is 1. The van der Waals surface area contributed by atoms with Crippen LogP contribution in [0.25, 0.3) is 11.0 Å². The van der Waals surface area contributed by atoms with Crippen molar-refractivity contribution in [2.45, 2.75) is 32.7 Å². The van der Waals surface area contributed by atoms with E-state index in [9.17, 15) is 4.79 Å². The van der Waals surface area contributed by atoms with Crippen LogP contribution in [0.15, 0.2) is 28.7 Å². The maximum Gasteiger partial charge on any atom is 0.198 e. The molecule has 3 nitrogen and oxygen atoms in total. The van der Waals surface area contributed by atoms with Crippen molar-refractivity contribution >= 4 is 16.8 Å². The van der Waals surface area contributed by atoms with E-state index in [1.165, 1.54) is 0 Å². The zero-order chi connectivity index (χ0) is 12.4. The van der Waals surface area contributed by atoms with E-state index in [2.05, 4.69) is 0 Å². The van der Waals surface area contributed by atoms with Crippen molar-refractivity contribution in [3.8, 4) is 0 Å². The fraction of sp³-hybridized carbons (Fsp3) is 0.357. The third kappa shape index (κ3) is 2.56. The van der Waals surface area contributed by atoms with Gasteiger partial charge in [-0.2, -0.15) is 0 Å². The van der Waals surface area contributed by atoms with Gasteiger partial charge in [0.1, 0.15) is 5.58 Å². The van der Waals surface area contributed by atoms with Crippen molar-refractivity contribution in [1.29, 1.82) is 0 Å². The van der Waals surface area contributed by atoms with Gasteiger partial charge in [-0.1, -0.05) is 18.2 Å². The van der Waals surface area contributed by atoms with Crippen LogP contribution in [-0.2, 0) is 0 Å². The van der Waals surface area contributed by atoms with Crippen LogP contribution in [0.1, 0.15) is 35.9 Å². The van der Waals surface area contributed by atoms with Crippen molar-refractivity contribution < 1.29 is 9.21 Å². The second-order valence-corrected chi connectivity index (χ2v) is 4.54. The van der Waals surface area contributed by atoms with Crippen molar-refractivity contribution in [3.05, 3.63) is 35.6 Å². The van der Waals surface area contributed by atoms with Crippen LogP contribution in [0.4, 0.5) is 0 Å². The number of carbonyl (C=O) groups excluding carboxylic acids is 1. The lowest BCUT2D eigenvalue weighted by Crippen LogP contribution is -2.16. The molecule has 1 heterocycles. The SMILES string of the molecule is Cc1cccc2cc(C(=O)CCC(C)N)oc12. The summed E-state index contributed by atoms with van der Waals surface area (Å²) >= 11 is 0. The number of carbonyl (C=O) groups is 1. The quantitative estimate of drug-likeness (QED) is 0.823. The van der Waals surface area contributed by atoms with Crippen LogP contribution in [0, 0.1) is 6.92 Å². The van der Waals surface area contributed by atoms with E-state index >= 15 is 0 Å². The minimum Gasteiger partial charge on any atom is -0.453 e. The van der Waals surface area contributed by atoms with E-state index in [1.54, 1.807) is 0 Å². The molecule has 2 N–H and O–H groups in total. The fourth-order valence-corrected chi connectivity index (χ4v) is 1.83. The molecule has 2 aromatic rings. The van der Waals surface area contributed by atoms with Crippen LogP contribution in [0.3, 0.4) is 0 Å². The number of benzene rings is 1. The summed E-state index contributed by atoms with van der Waals surface area (Å²) in [6, 6.07) is 7.75. The molecule has 0 amide bonds. The molecule has 0 fully saturated rings. The molecule has 0 saturated carbocycles. The highest BCUT2D eigenvalue weighted by Crippen LogP contribution is 2.23. The van der Waals surface area contributed by atoms with Gasteiger partial charge in [-0.15, -0.1) is 0 Å². The van der Waals surface area contributed by atoms with Gasteiger partial charge in [-0.3, -0.25) is 4.79 Å². The molecule has 1 atom stereocenters. The summed E-state index contributed by atoms with van der Waals surface area (Å²) in [6.07, 6.45) is 1.13. The largest absolute Gasteiger partial charge is 0.453 e. The Morgan fingerprint density at radius 3 is 2.88 bits per heavy atom. The Morgan fingerprint density at radius 1 is 1.47 bits per heavy atom. The van der Waals surface area contributed by atoms with Crippen LogP contribution in [0.5, 0.6) is 0 Å². The number of aryl methyl sites for hydroxylation is 1. The van der Waals surface area contributed by atoms with Crippen LogP contribution >= 0.6 is 0 Å². The van der Waals surface area contributed by atoms with E-state index in [1.807, 2.05) is 38.1 Å². The number of hydrogen-bond acceptors (Lipinski definition) is 3. The van der Waals surface area contributed by atoms with Crippen molar-refractivity contribution in [3.63, 3.8) is 0 Å². The Hall–Kier alpha value is -1.61. The van der Waals surface area contributed by atoms with Gasteiger partial charge in [0.25, 0.3) is 0 Å². The molecule has 1 aromatic heterocycles. The van der Waals surface area contributed by atoms with E-state index in [0.717, 1.165) is 16.5 Å². The molecule has 2 rings (SSSR count). The minimum atomic E-state index is 0.0258. The lowest BCUT2D eigenvalue weighted by molar-refractivity contribution is 0.0953. The maximum absolute atomic E-state index is 11.9. The highest BCUT2D eigenvalue weighted by molar-refractivity contribution is 5.98. The topological polar surface area (TPSA) is 56.2 Å². The third-order valence-electron chi connectivity index (χ3n) is 2.84. The average Bonchev–Trinajstić information content (AvgIpc) is 2.71. The van der Waals surface area contributed by atoms with E-state index in [0.29, 0.717) is 18.6 Å². The molecule has 0 saturated heterocycles. The summed E-state index contributed by atoms with van der Waals surface area (Å²) in [4.78, 5) is 11.9. The van der Waals surface area contributed by atoms with Crippen LogP contribution < -0.4 is 5.73 Å². The first-order chi connectivity index (χ1) is 8.08. The van der Waals surface area contributed by atoms with Gasteiger partial charge in [0.05, 0.1) is 0 Å². The first-order valence-electron chi connectivity index (χ1n) is 5.86. The molecule has 0 aliphatic rings. The predicted octanol–water partition coefficient (Wildman–Crippen LogP) is 3.05. The Bertz CT molecular complexity index is 540. The van der Waals surface area contributed by atoms with Gasteiger partial charge in [0, 0.05) is 17.8 Å². The molecule has 0 aliphatic carbocycles. The smallest absolute Gasteiger partial charge is 0.198 e. The number of nitrogens with two attached hydrogens (primary N) is 1. The van der Waals surface area contributed by atoms with Gasteiger partial charge in [0.2, 0.25) is 0 Å². The number of rotatable bonds is 4. The lowest BCUT2D eigenvalue weighted by atomic mass is 10.1. The summed E-state index contributed by atoms with van der Waals surface area (Å²) in [6.45, 7) is 3.87. The van der Waals surface area contributed by atoms with Gasteiger partial charge < -0.3 is 10.2 Å². The molecule has 90 valence electrons. The molecule has 0 spiro atoms. The first kappa shape index (κ1) is 11.9.